The maximum Gasteiger partial charge on any atom is 0.128 e. The molecule has 0 saturated heterocycles. The second kappa shape index (κ2) is 9.35. The second-order valence-corrected chi connectivity index (χ2v) is 6.31. The normalized spacial score (nSPS) is 10.6. The quantitative estimate of drug-likeness (QED) is 0.433. The third-order valence-corrected chi connectivity index (χ3v) is 4.39. The molecule has 28 heavy (non-hydrogen) atoms. The summed E-state index contributed by atoms with van der Waals surface area (Å²) in [7, 11) is 0. The number of benzene rings is 2. The first-order chi connectivity index (χ1) is 13.3. The van der Waals surface area contributed by atoms with Gasteiger partial charge in [-0.25, -0.2) is 4.39 Å². The fraction of sp³-hybridized carbons (Fsp3) is 0.136. The zero-order chi connectivity index (χ0) is 18.5. The van der Waals surface area contributed by atoms with Gasteiger partial charge in [0.15, 0.2) is 0 Å². The maximum atomic E-state index is 13.1. The zero-order valence-electron chi connectivity index (χ0n) is 15.2. The average molecular weight is 398 g/mol. The number of aromatic nitrogens is 2. The summed E-state index contributed by atoms with van der Waals surface area (Å²) in [6.07, 6.45) is 5.54. The lowest BCUT2D eigenvalue weighted by atomic mass is 10.1. The molecule has 0 aliphatic rings. The third-order valence-electron chi connectivity index (χ3n) is 4.39. The first-order valence-electron chi connectivity index (χ1n) is 8.89. The summed E-state index contributed by atoms with van der Waals surface area (Å²) in [5.74, 6) is 0.649. The van der Waals surface area contributed by atoms with E-state index in [2.05, 4.69) is 21.4 Å². The molecule has 0 bridgehead atoms. The van der Waals surface area contributed by atoms with Crippen molar-refractivity contribution in [1.82, 2.24) is 15.3 Å². The molecule has 0 aliphatic carbocycles. The largest absolute Gasteiger partial charge is 0.492 e. The van der Waals surface area contributed by atoms with Crippen molar-refractivity contribution in [1.29, 1.82) is 0 Å². The highest BCUT2D eigenvalue weighted by atomic mass is 35.5. The van der Waals surface area contributed by atoms with Crippen LogP contribution >= 0.6 is 12.4 Å². The van der Waals surface area contributed by atoms with Crippen LogP contribution in [0, 0.1) is 5.82 Å². The molecule has 0 unspecified atom stereocenters. The van der Waals surface area contributed by atoms with Crippen molar-refractivity contribution in [2.45, 2.75) is 6.54 Å². The summed E-state index contributed by atoms with van der Waals surface area (Å²) < 4.78 is 19.0. The highest BCUT2D eigenvalue weighted by Gasteiger charge is 2.03. The molecule has 4 rings (SSSR count). The SMILES string of the molecule is Cl.Fc1ccc(-c2cncc(CNCCOc3cccc4[nH]ccc34)c2)cc1. The van der Waals surface area contributed by atoms with E-state index < -0.39 is 0 Å². The van der Waals surface area contributed by atoms with Crippen molar-refractivity contribution in [3.8, 4) is 16.9 Å². The molecule has 2 N–H and O–H groups in total. The molecule has 2 aromatic carbocycles. The Hall–Kier alpha value is -2.89. The van der Waals surface area contributed by atoms with Gasteiger partial charge in [-0.2, -0.15) is 0 Å². The van der Waals surface area contributed by atoms with E-state index >= 15 is 0 Å². The van der Waals surface area contributed by atoms with Gasteiger partial charge in [0.05, 0.1) is 0 Å². The van der Waals surface area contributed by atoms with Crippen LogP contribution in [0.5, 0.6) is 5.75 Å². The monoisotopic (exact) mass is 397 g/mol. The first-order valence-corrected chi connectivity index (χ1v) is 8.89. The predicted molar refractivity (Wildman–Crippen MR) is 112 cm³/mol. The van der Waals surface area contributed by atoms with Crippen molar-refractivity contribution in [2.24, 2.45) is 0 Å². The van der Waals surface area contributed by atoms with Crippen LogP contribution in [0.15, 0.2) is 73.2 Å². The van der Waals surface area contributed by atoms with Crippen LogP contribution in [0.2, 0.25) is 0 Å². The molecule has 0 atom stereocenters. The lowest BCUT2D eigenvalue weighted by Gasteiger charge is -2.09. The molecule has 0 amide bonds. The van der Waals surface area contributed by atoms with Crippen LogP contribution in [0.25, 0.3) is 22.0 Å². The lowest BCUT2D eigenvalue weighted by molar-refractivity contribution is 0.317. The van der Waals surface area contributed by atoms with E-state index in [9.17, 15) is 4.39 Å². The molecule has 0 fully saturated rings. The average Bonchev–Trinajstić information content (AvgIpc) is 3.18. The topological polar surface area (TPSA) is 49.9 Å². The maximum absolute atomic E-state index is 13.1. The van der Waals surface area contributed by atoms with Crippen molar-refractivity contribution in [2.75, 3.05) is 13.2 Å². The third kappa shape index (κ3) is 4.68. The van der Waals surface area contributed by atoms with Crippen molar-refractivity contribution in [3.63, 3.8) is 0 Å². The molecule has 2 aromatic heterocycles. The number of aromatic amines is 1. The van der Waals surface area contributed by atoms with E-state index in [4.69, 9.17) is 4.74 Å². The Bertz CT molecular complexity index is 1030. The smallest absolute Gasteiger partial charge is 0.128 e. The number of H-pyrrole nitrogens is 1. The lowest BCUT2D eigenvalue weighted by Crippen LogP contribution is -2.20. The number of nitrogens with zero attached hydrogens (tertiary/aromatic N) is 1. The standard InChI is InChI=1S/C22H20FN3O.ClH/c23-19-6-4-17(5-7-19)18-12-16(14-25-15-18)13-24-10-11-27-22-3-1-2-21-20(22)8-9-26-21;/h1-9,12,14-15,24,26H,10-11,13H2;1H. The summed E-state index contributed by atoms with van der Waals surface area (Å²) >= 11 is 0. The van der Waals surface area contributed by atoms with Crippen LogP contribution in [-0.4, -0.2) is 23.1 Å². The Balaban J connectivity index is 0.00000225. The molecule has 0 spiro atoms. The van der Waals surface area contributed by atoms with Crippen molar-refractivity contribution in [3.05, 3.63) is 84.6 Å². The number of rotatable bonds is 7. The highest BCUT2D eigenvalue weighted by Crippen LogP contribution is 2.24. The Labute approximate surface area is 169 Å². The number of ether oxygens (including phenoxy) is 1. The molecule has 144 valence electrons. The van der Waals surface area contributed by atoms with Gasteiger partial charge < -0.3 is 15.0 Å². The molecular formula is C22H21ClFN3O. The molecule has 4 aromatic rings. The number of pyridine rings is 1. The minimum absolute atomic E-state index is 0. The molecule has 2 heterocycles. The highest BCUT2D eigenvalue weighted by molar-refractivity contribution is 5.86. The predicted octanol–water partition coefficient (Wildman–Crippen LogP) is 4.96. The minimum Gasteiger partial charge on any atom is -0.492 e. The summed E-state index contributed by atoms with van der Waals surface area (Å²) in [6, 6.07) is 16.5. The van der Waals surface area contributed by atoms with E-state index in [0.29, 0.717) is 13.2 Å². The summed E-state index contributed by atoms with van der Waals surface area (Å²) in [4.78, 5) is 7.47. The molecule has 0 radical (unpaired) electrons. The van der Waals surface area contributed by atoms with E-state index in [1.54, 1.807) is 18.3 Å². The van der Waals surface area contributed by atoms with E-state index in [1.165, 1.54) is 12.1 Å². The number of fused-ring (bicyclic) bond motifs is 1. The van der Waals surface area contributed by atoms with Crippen molar-refractivity contribution >= 4 is 23.3 Å². The summed E-state index contributed by atoms with van der Waals surface area (Å²) in [6.45, 7) is 2.00. The number of hydrogen-bond acceptors (Lipinski definition) is 3. The Morgan fingerprint density at radius 1 is 1.00 bits per heavy atom. The molecule has 0 saturated carbocycles. The molecule has 4 nitrogen and oxygen atoms in total. The van der Waals surface area contributed by atoms with Gasteiger partial charge in [0.1, 0.15) is 18.2 Å². The Kier molecular flexibility index (Phi) is 6.63. The van der Waals surface area contributed by atoms with Crippen LogP contribution in [0.4, 0.5) is 4.39 Å². The summed E-state index contributed by atoms with van der Waals surface area (Å²) in [5, 5.41) is 4.46. The fourth-order valence-corrected chi connectivity index (χ4v) is 3.03. The van der Waals surface area contributed by atoms with Crippen molar-refractivity contribution < 1.29 is 9.13 Å². The second-order valence-electron chi connectivity index (χ2n) is 6.31. The number of hydrogen-bond donors (Lipinski definition) is 2. The zero-order valence-corrected chi connectivity index (χ0v) is 16.0. The van der Waals surface area contributed by atoms with Gasteiger partial charge in [-0.15, -0.1) is 12.4 Å². The van der Waals surface area contributed by atoms with E-state index in [-0.39, 0.29) is 18.2 Å². The van der Waals surface area contributed by atoms with Gasteiger partial charge in [-0.3, -0.25) is 4.98 Å². The fourth-order valence-electron chi connectivity index (χ4n) is 3.03. The summed E-state index contributed by atoms with van der Waals surface area (Å²) in [5.41, 5.74) is 4.08. The van der Waals surface area contributed by atoms with Gasteiger partial charge in [0.25, 0.3) is 0 Å². The molecular weight excluding hydrogens is 377 g/mol. The van der Waals surface area contributed by atoms with Gasteiger partial charge in [-0.05, 0) is 47.5 Å². The first kappa shape index (κ1) is 19.9. The molecule has 6 heteroatoms. The van der Waals surface area contributed by atoms with E-state index in [0.717, 1.165) is 39.9 Å². The van der Waals surface area contributed by atoms with Gasteiger partial charge in [-0.1, -0.05) is 18.2 Å². The Morgan fingerprint density at radius 3 is 2.71 bits per heavy atom. The minimum atomic E-state index is -0.236. The van der Waals surface area contributed by atoms with Gasteiger partial charge in [0, 0.05) is 48.1 Å². The number of halogens is 2. The number of nitrogens with one attached hydrogen (secondary N) is 2. The molecule has 0 aliphatic heterocycles. The van der Waals surface area contributed by atoms with Crippen LogP contribution in [0.3, 0.4) is 0 Å². The van der Waals surface area contributed by atoms with Crippen LogP contribution < -0.4 is 10.1 Å². The Morgan fingerprint density at radius 2 is 1.86 bits per heavy atom. The van der Waals surface area contributed by atoms with Crippen LogP contribution in [0.1, 0.15) is 5.56 Å². The van der Waals surface area contributed by atoms with Crippen LogP contribution in [-0.2, 0) is 6.54 Å². The van der Waals surface area contributed by atoms with Gasteiger partial charge >= 0.3 is 0 Å². The van der Waals surface area contributed by atoms with E-state index in [1.807, 2.05) is 36.7 Å². The van der Waals surface area contributed by atoms with Gasteiger partial charge in [0.2, 0.25) is 0 Å².